The lowest BCUT2D eigenvalue weighted by Gasteiger charge is -2.17. The van der Waals surface area contributed by atoms with Gasteiger partial charge < -0.3 is 5.32 Å². The van der Waals surface area contributed by atoms with E-state index in [1.807, 2.05) is 19.1 Å². The maximum atomic E-state index is 11.4. The Labute approximate surface area is 104 Å². The van der Waals surface area contributed by atoms with Crippen LogP contribution in [0.25, 0.3) is 0 Å². The van der Waals surface area contributed by atoms with E-state index in [2.05, 4.69) is 24.4 Å². The highest BCUT2D eigenvalue weighted by Gasteiger charge is 2.16. The Balaban J connectivity index is 2.89. The van der Waals surface area contributed by atoms with Crippen molar-refractivity contribution in [1.82, 2.24) is 5.32 Å². The van der Waals surface area contributed by atoms with Crippen molar-refractivity contribution in [3.05, 3.63) is 35.4 Å². The summed E-state index contributed by atoms with van der Waals surface area (Å²) in [4.78, 5) is 0. The summed E-state index contributed by atoms with van der Waals surface area (Å²) >= 11 is 0. The van der Waals surface area contributed by atoms with Gasteiger partial charge in [-0.2, -0.15) is 0 Å². The second-order valence-corrected chi connectivity index (χ2v) is 6.48. The van der Waals surface area contributed by atoms with Crippen molar-refractivity contribution < 1.29 is 8.42 Å². The van der Waals surface area contributed by atoms with E-state index in [-0.39, 0.29) is 11.8 Å². The van der Waals surface area contributed by atoms with Crippen molar-refractivity contribution in [3.63, 3.8) is 0 Å². The Hall–Kier alpha value is -0.870. The lowest BCUT2D eigenvalue weighted by Crippen LogP contribution is -2.27. The summed E-state index contributed by atoms with van der Waals surface area (Å²) in [6.45, 7) is 4.85. The van der Waals surface area contributed by atoms with Gasteiger partial charge in [0.2, 0.25) is 0 Å². The summed E-state index contributed by atoms with van der Waals surface area (Å²) in [6, 6.07) is 8.03. The van der Waals surface area contributed by atoms with Crippen molar-refractivity contribution in [3.8, 4) is 0 Å². The van der Waals surface area contributed by atoms with Crippen molar-refractivity contribution in [2.75, 3.05) is 18.6 Å². The number of aryl methyl sites for hydroxylation is 1. The van der Waals surface area contributed by atoms with Crippen LogP contribution in [0.2, 0.25) is 0 Å². The number of rotatable bonds is 6. The second kappa shape index (κ2) is 6.17. The average molecular weight is 255 g/mol. The Morgan fingerprint density at radius 3 is 2.18 bits per heavy atom. The molecular weight excluding hydrogens is 234 g/mol. The maximum Gasteiger partial charge on any atom is 0.149 e. The van der Waals surface area contributed by atoms with Crippen LogP contribution in [0, 0.1) is 0 Å². The van der Waals surface area contributed by atoms with Gasteiger partial charge in [-0.1, -0.05) is 38.1 Å². The summed E-state index contributed by atoms with van der Waals surface area (Å²) in [5.74, 6) is 0.145. The van der Waals surface area contributed by atoms with E-state index in [9.17, 15) is 8.42 Å². The van der Waals surface area contributed by atoms with Crippen molar-refractivity contribution in [2.45, 2.75) is 26.3 Å². The molecule has 96 valence electrons. The number of sulfone groups is 1. The standard InChI is InChI=1S/C13H21NO2S/c1-4-11-6-8-12(9-7-11)13(14-5-2)10-17(3,15)16/h6-9,13-14H,4-5,10H2,1-3H3. The third-order valence-electron chi connectivity index (χ3n) is 2.71. The van der Waals surface area contributed by atoms with Crippen LogP contribution in [0.5, 0.6) is 0 Å². The van der Waals surface area contributed by atoms with Gasteiger partial charge in [0.15, 0.2) is 0 Å². The van der Waals surface area contributed by atoms with E-state index in [4.69, 9.17) is 0 Å². The fourth-order valence-electron chi connectivity index (χ4n) is 1.81. The van der Waals surface area contributed by atoms with Crippen LogP contribution in [0.1, 0.15) is 31.0 Å². The van der Waals surface area contributed by atoms with Gasteiger partial charge >= 0.3 is 0 Å². The molecule has 0 spiro atoms. The quantitative estimate of drug-likeness (QED) is 0.845. The molecule has 4 heteroatoms. The van der Waals surface area contributed by atoms with Crippen LogP contribution >= 0.6 is 0 Å². The lowest BCUT2D eigenvalue weighted by atomic mass is 10.1. The molecule has 0 radical (unpaired) electrons. The van der Waals surface area contributed by atoms with Gasteiger partial charge in [-0.05, 0) is 24.1 Å². The molecule has 0 saturated carbocycles. The van der Waals surface area contributed by atoms with Crippen LogP contribution in [-0.2, 0) is 16.3 Å². The third kappa shape index (κ3) is 4.88. The lowest BCUT2D eigenvalue weighted by molar-refractivity contribution is 0.563. The number of hydrogen-bond acceptors (Lipinski definition) is 3. The molecule has 0 bridgehead atoms. The first-order valence-corrected chi connectivity index (χ1v) is 8.02. The average Bonchev–Trinajstić information content (AvgIpc) is 2.27. The van der Waals surface area contributed by atoms with Gasteiger partial charge in [0.05, 0.1) is 5.75 Å². The molecule has 0 amide bonds. The van der Waals surface area contributed by atoms with Crippen LogP contribution in [0.4, 0.5) is 0 Å². The molecule has 0 fully saturated rings. The zero-order valence-electron chi connectivity index (χ0n) is 10.7. The Morgan fingerprint density at radius 1 is 1.18 bits per heavy atom. The van der Waals surface area contributed by atoms with E-state index in [1.54, 1.807) is 0 Å². The van der Waals surface area contributed by atoms with E-state index in [1.165, 1.54) is 11.8 Å². The topological polar surface area (TPSA) is 46.2 Å². The molecular formula is C13H21NO2S. The molecule has 1 aromatic rings. The smallest absolute Gasteiger partial charge is 0.149 e. The first-order chi connectivity index (χ1) is 7.96. The highest BCUT2D eigenvalue weighted by molar-refractivity contribution is 7.90. The highest BCUT2D eigenvalue weighted by atomic mass is 32.2. The predicted molar refractivity (Wildman–Crippen MR) is 71.9 cm³/mol. The maximum absolute atomic E-state index is 11.4. The van der Waals surface area contributed by atoms with Gasteiger partial charge in [0.25, 0.3) is 0 Å². The van der Waals surface area contributed by atoms with E-state index in [0.29, 0.717) is 0 Å². The minimum Gasteiger partial charge on any atom is -0.309 e. The van der Waals surface area contributed by atoms with Crippen molar-refractivity contribution in [1.29, 1.82) is 0 Å². The zero-order valence-corrected chi connectivity index (χ0v) is 11.5. The molecule has 1 rings (SSSR count). The predicted octanol–water partition coefficient (Wildman–Crippen LogP) is 1.94. The van der Waals surface area contributed by atoms with E-state index in [0.717, 1.165) is 18.5 Å². The first kappa shape index (κ1) is 14.2. The molecule has 0 aliphatic rings. The van der Waals surface area contributed by atoms with Gasteiger partial charge in [0.1, 0.15) is 9.84 Å². The minimum absolute atomic E-state index is 0.110. The van der Waals surface area contributed by atoms with Crippen LogP contribution < -0.4 is 5.32 Å². The van der Waals surface area contributed by atoms with Crippen LogP contribution in [0.3, 0.4) is 0 Å². The Kier molecular flexibility index (Phi) is 5.15. The molecule has 0 aliphatic heterocycles. The van der Waals surface area contributed by atoms with Gasteiger partial charge in [-0.25, -0.2) is 8.42 Å². The fraction of sp³-hybridized carbons (Fsp3) is 0.538. The fourth-order valence-corrected chi connectivity index (χ4v) is 2.72. The van der Waals surface area contributed by atoms with Crippen LogP contribution in [-0.4, -0.2) is 27.0 Å². The van der Waals surface area contributed by atoms with Gasteiger partial charge in [0, 0.05) is 12.3 Å². The molecule has 1 atom stereocenters. The molecule has 0 aliphatic carbocycles. The van der Waals surface area contributed by atoms with Gasteiger partial charge in [-0.15, -0.1) is 0 Å². The summed E-state index contributed by atoms with van der Waals surface area (Å²) in [6.07, 6.45) is 2.27. The molecule has 0 aromatic heterocycles. The van der Waals surface area contributed by atoms with Crippen molar-refractivity contribution in [2.24, 2.45) is 0 Å². The Bertz CT molecular complexity index is 437. The zero-order chi connectivity index (χ0) is 12.9. The molecule has 1 unspecified atom stereocenters. The molecule has 17 heavy (non-hydrogen) atoms. The van der Waals surface area contributed by atoms with Crippen LogP contribution in [0.15, 0.2) is 24.3 Å². The molecule has 1 N–H and O–H groups in total. The number of nitrogens with one attached hydrogen (secondary N) is 1. The number of hydrogen-bond donors (Lipinski definition) is 1. The second-order valence-electron chi connectivity index (χ2n) is 4.30. The van der Waals surface area contributed by atoms with Crippen molar-refractivity contribution >= 4 is 9.84 Å². The van der Waals surface area contributed by atoms with Gasteiger partial charge in [-0.3, -0.25) is 0 Å². The highest BCUT2D eigenvalue weighted by Crippen LogP contribution is 2.16. The summed E-state index contributed by atoms with van der Waals surface area (Å²) in [7, 11) is -2.97. The summed E-state index contributed by atoms with van der Waals surface area (Å²) in [5, 5.41) is 3.21. The monoisotopic (exact) mass is 255 g/mol. The first-order valence-electron chi connectivity index (χ1n) is 5.96. The molecule has 3 nitrogen and oxygen atoms in total. The summed E-state index contributed by atoms with van der Waals surface area (Å²) < 4.78 is 22.7. The Morgan fingerprint density at radius 2 is 1.76 bits per heavy atom. The molecule has 0 saturated heterocycles. The SMILES string of the molecule is CCNC(CS(C)(=O)=O)c1ccc(CC)cc1. The minimum atomic E-state index is -2.97. The normalized spacial score (nSPS) is 13.6. The number of benzene rings is 1. The third-order valence-corrected chi connectivity index (χ3v) is 3.65. The van der Waals surface area contributed by atoms with E-state index < -0.39 is 9.84 Å². The summed E-state index contributed by atoms with van der Waals surface area (Å²) in [5.41, 5.74) is 2.30. The molecule has 1 aromatic carbocycles. The van der Waals surface area contributed by atoms with E-state index >= 15 is 0 Å². The molecule has 0 heterocycles. The largest absolute Gasteiger partial charge is 0.309 e.